The summed E-state index contributed by atoms with van der Waals surface area (Å²) >= 11 is 6.36. The van der Waals surface area contributed by atoms with Gasteiger partial charge in [0.15, 0.2) is 0 Å². The summed E-state index contributed by atoms with van der Waals surface area (Å²) in [6.07, 6.45) is 5.88. The van der Waals surface area contributed by atoms with Crippen LogP contribution in [-0.2, 0) is 9.53 Å². The number of anilines is 1. The number of nitrogens with one attached hydrogen (secondary N) is 1. The molecule has 28 heavy (non-hydrogen) atoms. The Morgan fingerprint density at radius 1 is 1.21 bits per heavy atom. The van der Waals surface area contributed by atoms with Gasteiger partial charge in [-0.2, -0.15) is 0 Å². The number of carbonyl (C=O) groups is 2. The summed E-state index contributed by atoms with van der Waals surface area (Å²) in [5, 5.41) is 3.56. The van der Waals surface area contributed by atoms with Crippen molar-refractivity contribution in [3.63, 3.8) is 0 Å². The van der Waals surface area contributed by atoms with Gasteiger partial charge >= 0.3 is 0 Å². The molecule has 1 heterocycles. The maximum Gasteiger partial charge on any atom is 0.255 e. The number of morpholine rings is 1. The van der Waals surface area contributed by atoms with Gasteiger partial charge in [-0.05, 0) is 38.0 Å². The van der Waals surface area contributed by atoms with Crippen molar-refractivity contribution in [1.29, 1.82) is 0 Å². The number of hydrogen-bond acceptors (Lipinski definition) is 4. The molecule has 0 radical (unpaired) electrons. The van der Waals surface area contributed by atoms with E-state index in [1.165, 1.54) is 19.3 Å². The summed E-state index contributed by atoms with van der Waals surface area (Å²) in [4.78, 5) is 29.0. The van der Waals surface area contributed by atoms with E-state index in [2.05, 4.69) is 5.32 Å². The second-order valence-electron chi connectivity index (χ2n) is 7.42. The van der Waals surface area contributed by atoms with Crippen LogP contribution in [-0.4, -0.2) is 67.0 Å². The maximum absolute atomic E-state index is 12.7. The molecule has 0 unspecified atom stereocenters. The van der Waals surface area contributed by atoms with Gasteiger partial charge in [0.2, 0.25) is 5.91 Å². The summed E-state index contributed by atoms with van der Waals surface area (Å²) in [6, 6.07) is 5.62. The Kier molecular flexibility index (Phi) is 7.57. The molecule has 0 spiro atoms. The quantitative estimate of drug-likeness (QED) is 0.785. The highest BCUT2D eigenvalue weighted by Gasteiger charge is 2.24. The molecule has 2 aliphatic rings. The van der Waals surface area contributed by atoms with Crippen LogP contribution in [0.15, 0.2) is 18.2 Å². The number of likely N-dealkylation sites (N-methyl/N-ethyl adjacent to an activating group) is 1. The van der Waals surface area contributed by atoms with Crippen LogP contribution in [0.25, 0.3) is 0 Å². The SMILES string of the molecule is CCN(C(=O)CNc1ccc(C(=O)N2CCOCC2)c(Cl)c1)C1CCCCC1. The topological polar surface area (TPSA) is 61.9 Å². The first kappa shape index (κ1) is 20.9. The number of hydrogen-bond donors (Lipinski definition) is 1. The lowest BCUT2D eigenvalue weighted by atomic mass is 9.94. The van der Waals surface area contributed by atoms with Gasteiger partial charge in [0.25, 0.3) is 5.91 Å². The second-order valence-corrected chi connectivity index (χ2v) is 7.83. The van der Waals surface area contributed by atoms with Crippen molar-refractivity contribution in [2.24, 2.45) is 0 Å². The number of amides is 2. The summed E-state index contributed by atoms with van der Waals surface area (Å²) < 4.78 is 5.29. The summed E-state index contributed by atoms with van der Waals surface area (Å²) in [6.45, 7) is 5.28. The smallest absolute Gasteiger partial charge is 0.255 e. The average molecular weight is 408 g/mol. The lowest BCUT2D eigenvalue weighted by Crippen LogP contribution is -2.43. The van der Waals surface area contributed by atoms with E-state index in [4.69, 9.17) is 16.3 Å². The molecule has 1 aromatic rings. The zero-order chi connectivity index (χ0) is 19.9. The Balaban J connectivity index is 1.57. The van der Waals surface area contributed by atoms with Gasteiger partial charge in [0, 0.05) is 31.4 Å². The molecule has 0 atom stereocenters. The van der Waals surface area contributed by atoms with Crippen LogP contribution >= 0.6 is 11.6 Å². The number of ether oxygens (including phenoxy) is 1. The molecule has 1 aromatic carbocycles. The van der Waals surface area contributed by atoms with E-state index in [-0.39, 0.29) is 18.4 Å². The Morgan fingerprint density at radius 3 is 2.57 bits per heavy atom. The minimum absolute atomic E-state index is 0.0783. The van der Waals surface area contributed by atoms with Crippen molar-refractivity contribution in [2.75, 3.05) is 44.7 Å². The minimum atomic E-state index is -0.0783. The third kappa shape index (κ3) is 5.17. The van der Waals surface area contributed by atoms with E-state index < -0.39 is 0 Å². The summed E-state index contributed by atoms with van der Waals surface area (Å²) in [5.41, 5.74) is 1.23. The normalized spacial score (nSPS) is 18.0. The molecule has 6 nitrogen and oxygen atoms in total. The Hall–Kier alpha value is -1.79. The first-order chi connectivity index (χ1) is 13.6. The number of nitrogens with zero attached hydrogens (tertiary/aromatic N) is 2. The first-order valence-electron chi connectivity index (χ1n) is 10.3. The molecule has 2 amide bonds. The third-order valence-electron chi connectivity index (χ3n) is 5.62. The Bertz CT molecular complexity index is 685. The fourth-order valence-electron chi connectivity index (χ4n) is 4.05. The lowest BCUT2D eigenvalue weighted by molar-refractivity contribution is -0.132. The van der Waals surface area contributed by atoms with Gasteiger partial charge in [-0.3, -0.25) is 9.59 Å². The van der Waals surface area contributed by atoms with Crippen molar-refractivity contribution in [2.45, 2.75) is 45.1 Å². The molecular weight excluding hydrogens is 378 g/mol. The average Bonchev–Trinajstić information content (AvgIpc) is 2.74. The molecule has 3 rings (SSSR count). The predicted molar refractivity (Wildman–Crippen MR) is 111 cm³/mol. The molecular formula is C21H30ClN3O3. The van der Waals surface area contributed by atoms with Crippen LogP contribution in [0.1, 0.15) is 49.4 Å². The van der Waals surface area contributed by atoms with E-state index in [0.29, 0.717) is 42.9 Å². The zero-order valence-electron chi connectivity index (χ0n) is 16.6. The highest BCUT2D eigenvalue weighted by molar-refractivity contribution is 6.34. The van der Waals surface area contributed by atoms with Crippen LogP contribution in [0.4, 0.5) is 5.69 Å². The van der Waals surface area contributed by atoms with Gasteiger partial charge in [0.1, 0.15) is 0 Å². The fraction of sp³-hybridized carbons (Fsp3) is 0.619. The highest BCUT2D eigenvalue weighted by Crippen LogP contribution is 2.24. The van der Waals surface area contributed by atoms with E-state index in [1.807, 2.05) is 17.9 Å². The third-order valence-corrected chi connectivity index (χ3v) is 5.93. The first-order valence-corrected chi connectivity index (χ1v) is 10.7. The standard InChI is InChI=1S/C21H30ClN3O3/c1-2-25(17-6-4-3-5-7-17)20(26)15-23-16-8-9-18(19(22)14-16)21(27)24-10-12-28-13-11-24/h8-9,14,17,23H,2-7,10-13,15H2,1H3. The number of benzene rings is 1. The monoisotopic (exact) mass is 407 g/mol. The van der Waals surface area contributed by atoms with Crippen molar-refractivity contribution in [3.05, 3.63) is 28.8 Å². The molecule has 2 fully saturated rings. The molecule has 7 heteroatoms. The fourth-order valence-corrected chi connectivity index (χ4v) is 4.31. The van der Waals surface area contributed by atoms with E-state index in [1.54, 1.807) is 17.0 Å². The number of carbonyl (C=O) groups excluding carboxylic acids is 2. The molecule has 1 saturated heterocycles. The van der Waals surface area contributed by atoms with Crippen LogP contribution in [0.5, 0.6) is 0 Å². The van der Waals surface area contributed by atoms with E-state index in [9.17, 15) is 9.59 Å². The van der Waals surface area contributed by atoms with Crippen molar-refractivity contribution >= 4 is 29.1 Å². The Labute approximate surface area is 172 Å². The largest absolute Gasteiger partial charge is 0.378 e. The van der Waals surface area contributed by atoms with Gasteiger partial charge < -0.3 is 19.9 Å². The van der Waals surface area contributed by atoms with Gasteiger partial charge in [-0.25, -0.2) is 0 Å². The zero-order valence-corrected chi connectivity index (χ0v) is 17.3. The van der Waals surface area contributed by atoms with Gasteiger partial charge in [0.05, 0.1) is 30.3 Å². The molecule has 0 aromatic heterocycles. The van der Waals surface area contributed by atoms with Crippen molar-refractivity contribution in [3.8, 4) is 0 Å². The Morgan fingerprint density at radius 2 is 1.93 bits per heavy atom. The van der Waals surface area contributed by atoms with Crippen LogP contribution in [0.3, 0.4) is 0 Å². The van der Waals surface area contributed by atoms with Crippen molar-refractivity contribution in [1.82, 2.24) is 9.80 Å². The molecule has 0 bridgehead atoms. The molecule has 1 aliphatic carbocycles. The van der Waals surface area contributed by atoms with Gasteiger partial charge in [-0.15, -0.1) is 0 Å². The van der Waals surface area contributed by atoms with E-state index in [0.717, 1.165) is 25.1 Å². The second kappa shape index (κ2) is 10.1. The predicted octanol–water partition coefficient (Wildman–Crippen LogP) is 3.41. The van der Waals surface area contributed by atoms with Crippen LogP contribution in [0.2, 0.25) is 5.02 Å². The van der Waals surface area contributed by atoms with E-state index >= 15 is 0 Å². The molecule has 154 valence electrons. The van der Waals surface area contributed by atoms with Crippen LogP contribution < -0.4 is 5.32 Å². The lowest BCUT2D eigenvalue weighted by Gasteiger charge is -2.33. The molecule has 1 saturated carbocycles. The number of rotatable bonds is 6. The molecule has 1 aliphatic heterocycles. The van der Waals surface area contributed by atoms with Crippen molar-refractivity contribution < 1.29 is 14.3 Å². The minimum Gasteiger partial charge on any atom is -0.378 e. The number of halogens is 1. The van der Waals surface area contributed by atoms with Crippen LogP contribution in [0, 0.1) is 0 Å². The summed E-state index contributed by atoms with van der Waals surface area (Å²) in [7, 11) is 0. The highest BCUT2D eigenvalue weighted by atomic mass is 35.5. The van der Waals surface area contributed by atoms with Gasteiger partial charge in [-0.1, -0.05) is 30.9 Å². The summed E-state index contributed by atoms with van der Waals surface area (Å²) in [5.74, 6) is 0.0318. The maximum atomic E-state index is 12.7. The molecule has 1 N–H and O–H groups in total.